The first-order chi connectivity index (χ1) is 8.61. The van der Waals surface area contributed by atoms with Gasteiger partial charge in [-0.15, -0.1) is 0 Å². The summed E-state index contributed by atoms with van der Waals surface area (Å²) in [7, 11) is 3.37. The Morgan fingerprint density at radius 1 is 1.39 bits per heavy atom. The van der Waals surface area contributed by atoms with Crippen molar-refractivity contribution in [1.29, 1.82) is 0 Å². The lowest BCUT2D eigenvalue weighted by Gasteiger charge is -2.29. The van der Waals surface area contributed by atoms with Crippen LogP contribution in [0.15, 0.2) is 18.2 Å². The van der Waals surface area contributed by atoms with Crippen molar-refractivity contribution in [2.24, 2.45) is 0 Å². The second-order valence-corrected chi connectivity index (χ2v) is 4.81. The predicted octanol–water partition coefficient (Wildman–Crippen LogP) is 2.42. The number of piperidine rings is 1. The molecule has 2 rings (SSSR count). The number of hydrogen-bond donors (Lipinski definition) is 0. The van der Waals surface area contributed by atoms with E-state index in [1.54, 1.807) is 12.1 Å². The van der Waals surface area contributed by atoms with E-state index in [4.69, 9.17) is 0 Å². The van der Waals surface area contributed by atoms with Crippen molar-refractivity contribution in [3.63, 3.8) is 0 Å². The van der Waals surface area contributed by atoms with E-state index in [1.165, 1.54) is 13.2 Å². The zero-order valence-electron chi connectivity index (χ0n) is 10.8. The Hall–Kier alpha value is -1.42. The Morgan fingerprint density at radius 3 is 2.61 bits per heavy atom. The molecule has 0 bridgehead atoms. The van der Waals surface area contributed by atoms with Crippen LogP contribution in [0.3, 0.4) is 0 Å². The molecule has 0 unspecified atom stereocenters. The summed E-state index contributed by atoms with van der Waals surface area (Å²) in [5.41, 5.74) is 0.988. The van der Waals surface area contributed by atoms with Gasteiger partial charge in [-0.2, -0.15) is 0 Å². The molecule has 0 aliphatic carbocycles. The van der Waals surface area contributed by atoms with Crippen LogP contribution in [0.1, 0.15) is 34.7 Å². The molecular formula is C14H18FNO2. The molecule has 1 aromatic carbocycles. The molecule has 4 heteroatoms. The van der Waals surface area contributed by atoms with E-state index >= 15 is 0 Å². The third kappa shape index (κ3) is 2.70. The van der Waals surface area contributed by atoms with Gasteiger partial charge in [0.2, 0.25) is 0 Å². The van der Waals surface area contributed by atoms with Gasteiger partial charge in [-0.3, -0.25) is 0 Å². The molecule has 0 spiro atoms. The summed E-state index contributed by atoms with van der Waals surface area (Å²) >= 11 is 0. The van der Waals surface area contributed by atoms with E-state index in [0.717, 1.165) is 31.5 Å². The largest absolute Gasteiger partial charge is 0.465 e. The molecule has 1 fully saturated rings. The van der Waals surface area contributed by atoms with Gasteiger partial charge in [0.05, 0.1) is 12.7 Å². The van der Waals surface area contributed by atoms with E-state index in [-0.39, 0.29) is 17.3 Å². The number of carbonyl (C=O) groups excluding carboxylic acids is 1. The van der Waals surface area contributed by atoms with Gasteiger partial charge in [0.15, 0.2) is 0 Å². The first-order valence-electron chi connectivity index (χ1n) is 6.18. The van der Waals surface area contributed by atoms with Gasteiger partial charge in [0, 0.05) is 0 Å². The molecule has 0 radical (unpaired) electrons. The molecule has 1 saturated heterocycles. The fourth-order valence-corrected chi connectivity index (χ4v) is 2.42. The number of rotatable bonds is 2. The molecule has 0 N–H and O–H groups in total. The Labute approximate surface area is 107 Å². The van der Waals surface area contributed by atoms with Crippen LogP contribution in [0.5, 0.6) is 0 Å². The van der Waals surface area contributed by atoms with E-state index in [2.05, 4.69) is 16.7 Å². The topological polar surface area (TPSA) is 29.5 Å². The van der Waals surface area contributed by atoms with Gasteiger partial charge < -0.3 is 9.64 Å². The molecule has 0 saturated carbocycles. The molecule has 1 aliphatic heterocycles. The number of carbonyl (C=O) groups is 1. The molecule has 0 aromatic heterocycles. The molecule has 3 nitrogen and oxygen atoms in total. The predicted molar refractivity (Wildman–Crippen MR) is 67.2 cm³/mol. The third-order valence-corrected chi connectivity index (χ3v) is 3.58. The minimum absolute atomic E-state index is 0.257. The van der Waals surface area contributed by atoms with Crippen LogP contribution in [0.2, 0.25) is 0 Å². The summed E-state index contributed by atoms with van der Waals surface area (Å²) in [6, 6.07) is 4.64. The summed E-state index contributed by atoms with van der Waals surface area (Å²) in [5.74, 6) is -0.538. The van der Waals surface area contributed by atoms with Crippen molar-refractivity contribution in [1.82, 2.24) is 4.90 Å². The fraction of sp³-hybridized carbons (Fsp3) is 0.500. The highest BCUT2D eigenvalue weighted by molar-refractivity contribution is 5.89. The van der Waals surface area contributed by atoms with Crippen LogP contribution >= 0.6 is 0 Å². The standard InChI is InChI=1S/C14H18FNO2/c1-16-7-5-10(6-8-16)12-4-3-11(9-13(12)15)14(17)18-2/h3-4,9-10H,5-8H2,1-2H3. The zero-order chi connectivity index (χ0) is 13.1. The Kier molecular flexibility index (Phi) is 3.97. The Bertz CT molecular complexity index is 439. The maximum atomic E-state index is 14.0. The van der Waals surface area contributed by atoms with Crippen molar-refractivity contribution in [3.05, 3.63) is 35.1 Å². The summed E-state index contributed by atoms with van der Waals surface area (Å²) in [6.07, 6.45) is 1.93. The van der Waals surface area contributed by atoms with E-state index in [9.17, 15) is 9.18 Å². The lowest BCUT2D eigenvalue weighted by Crippen LogP contribution is -2.29. The normalized spacial score (nSPS) is 17.7. The van der Waals surface area contributed by atoms with Gasteiger partial charge in [0.1, 0.15) is 5.82 Å². The molecule has 1 aliphatic rings. The lowest BCUT2D eigenvalue weighted by molar-refractivity contribution is 0.0600. The SMILES string of the molecule is COC(=O)c1ccc(C2CCN(C)CC2)c(F)c1. The van der Waals surface area contributed by atoms with E-state index < -0.39 is 5.97 Å². The summed E-state index contributed by atoms with van der Waals surface area (Å²) in [4.78, 5) is 13.5. The number of ether oxygens (including phenoxy) is 1. The van der Waals surface area contributed by atoms with Crippen molar-refractivity contribution >= 4 is 5.97 Å². The summed E-state index contributed by atoms with van der Waals surface area (Å²) in [6.45, 7) is 1.98. The fourth-order valence-electron chi connectivity index (χ4n) is 2.42. The minimum Gasteiger partial charge on any atom is -0.465 e. The van der Waals surface area contributed by atoms with Crippen LogP contribution in [-0.4, -0.2) is 38.1 Å². The monoisotopic (exact) mass is 251 g/mol. The molecule has 0 atom stereocenters. The number of methoxy groups -OCH3 is 1. The van der Waals surface area contributed by atoms with Crippen molar-refractivity contribution in [2.45, 2.75) is 18.8 Å². The number of likely N-dealkylation sites (tertiary alicyclic amines) is 1. The van der Waals surface area contributed by atoms with E-state index in [1.807, 2.05) is 0 Å². The molecule has 18 heavy (non-hydrogen) atoms. The lowest BCUT2D eigenvalue weighted by atomic mass is 9.89. The van der Waals surface area contributed by atoms with Crippen LogP contribution in [0.4, 0.5) is 4.39 Å². The van der Waals surface area contributed by atoms with Gasteiger partial charge in [-0.25, -0.2) is 9.18 Å². The number of halogens is 1. The first-order valence-corrected chi connectivity index (χ1v) is 6.18. The van der Waals surface area contributed by atoms with Crippen molar-refractivity contribution in [2.75, 3.05) is 27.2 Å². The quantitative estimate of drug-likeness (QED) is 0.756. The second-order valence-electron chi connectivity index (χ2n) is 4.81. The van der Waals surface area contributed by atoms with E-state index in [0.29, 0.717) is 0 Å². The average molecular weight is 251 g/mol. The van der Waals surface area contributed by atoms with Crippen molar-refractivity contribution < 1.29 is 13.9 Å². The van der Waals surface area contributed by atoms with Crippen LogP contribution in [-0.2, 0) is 4.74 Å². The number of nitrogens with zero attached hydrogens (tertiary/aromatic N) is 1. The van der Waals surface area contributed by atoms with Crippen molar-refractivity contribution in [3.8, 4) is 0 Å². The van der Waals surface area contributed by atoms with Gasteiger partial charge >= 0.3 is 5.97 Å². The first kappa shape index (κ1) is 13.0. The molecule has 0 amide bonds. The molecule has 98 valence electrons. The van der Waals surface area contributed by atoms with Gasteiger partial charge in [-0.1, -0.05) is 6.07 Å². The summed E-state index contributed by atoms with van der Waals surface area (Å²) < 4.78 is 18.6. The van der Waals surface area contributed by atoms with Gasteiger partial charge in [0.25, 0.3) is 0 Å². The average Bonchev–Trinajstić information content (AvgIpc) is 2.39. The minimum atomic E-state index is -0.496. The maximum absolute atomic E-state index is 14.0. The van der Waals surface area contributed by atoms with Gasteiger partial charge in [-0.05, 0) is 56.6 Å². The molecular weight excluding hydrogens is 233 g/mol. The molecule has 1 heterocycles. The summed E-state index contributed by atoms with van der Waals surface area (Å²) in [5, 5.41) is 0. The zero-order valence-corrected chi connectivity index (χ0v) is 10.8. The van der Waals surface area contributed by atoms with Crippen LogP contribution in [0, 0.1) is 5.82 Å². The maximum Gasteiger partial charge on any atom is 0.337 e. The van der Waals surface area contributed by atoms with Crippen LogP contribution < -0.4 is 0 Å². The smallest absolute Gasteiger partial charge is 0.337 e. The number of esters is 1. The molecule has 1 aromatic rings. The van der Waals surface area contributed by atoms with Crippen LogP contribution in [0.25, 0.3) is 0 Å². The Morgan fingerprint density at radius 2 is 2.06 bits per heavy atom. The number of benzene rings is 1. The highest BCUT2D eigenvalue weighted by atomic mass is 19.1. The third-order valence-electron chi connectivity index (χ3n) is 3.58. The number of hydrogen-bond acceptors (Lipinski definition) is 3. The second kappa shape index (κ2) is 5.48. The highest BCUT2D eigenvalue weighted by Gasteiger charge is 2.21. The Balaban J connectivity index is 2.17. The highest BCUT2D eigenvalue weighted by Crippen LogP contribution is 2.29.